The largest absolute Gasteiger partial charge is 0.481 e. The van der Waals surface area contributed by atoms with Crippen molar-refractivity contribution in [2.45, 2.75) is 31.7 Å². The van der Waals surface area contributed by atoms with Crippen LogP contribution in [0.5, 0.6) is 0 Å². The number of piperidine rings is 1. The Morgan fingerprint density at radius 3 is 2.79 bits per heavy atom. The zero-order valence-electron chi connectivity index (χ0n) is 10.7. The van der Waals surface area contributed by atoms with E-state index in [1.165, 1.54) is 11.1 Å². The van der Waals surface area contributed by atoms with E-state index in [2.05, 4.69) is 12.1 Å². The van der Waals surface area contributed by atoms with Gasteiger partial charge in [0.05, 0.1) is 12.0 Å². The molecule has 1 aromatic carbocycles. The standard InChI is InChI=1S/C15H17NO3/c17-14-8-6-10-3-1-2-4-12(10)13-7-5-11(15(18)19)9-16(13)14/h1-4,11,13H,5-9H2,(H,18,19)/t11-,13?/m1/s1. The number of fused-ring (bicyclic) bond motifs is 3. The van der Waals surface area contributed by atoms with Gasteiger partial charge in [-0.1, -0.05) is 24.3 Å². The average Bonchev–Trinajstić information content (AvgIpc) is 2.57. The van der Waals surface area contributed by atoms with Crippen LogP contribution in [-0.2, 0) is 16.0 Å². The van der Waals surface area contributed by atoms with Gasteiger partial charge in [-0.25, -0.2) is 0 Å². The molecule has 0 radical (unpaired) electrons. The van der Waals surface area contributed by atoms with E-state index >= 15 is 0 Å². The Labute approximate surface area is 112 Å². The lowest BCUT2D eigenvalue weighted by molar-refractivity contribution is -0.147. The summed E-state index contributed by atoms with van der Waals surface area (Å²) < 4.78 is 0. The molecule has 1 N–H and O–H groups in total. The maximum absolute atomic E-state index is 12.2. The molecule has 4 nitrogen and oxygen atoms in total. The SMILES string of the molecule is O=C(O)[C@@H]1CCC2c3ccccc3CCC(=O)N2C1. The normalized spacial score (nSPS) is 26.3. The second-order valence-corrected chi connectivity index (χ2v) is 5.37. The van der Waals surface area contributed by atoms with Crippen LogP contribution in [0.2, 0.25) is 0 Å². The van der Waals surface area contributed by atoms with Gasteiger partial charge < -0.3 is 10.0 Å². The van der Waals surface area contributed by atoms with Gasteiger partial charge in [0.25, 0.3) is 0 Å². The fourth-order valence-corrected chi connectivity index (χ4v) is 3.24. The quantitative estimate of drug-likeness (QED) is 0.839. The minimum absolute atomic E-state index is 0.0711. The summed E-state index contributed by atoms with van der Waals surface area (Å²) >= 11 is 0. The van der Waals surface area contributed by atoms with Crippen molar-refractivity contribution in [1.29, 1.82) is 0 Å². The predicted octanol–water partition coefficient (Wildman–Crippen LogP) is 2.00. The summed E-state index contributed by atoms with van der Waals surface area (Å²) in [6.45, 7) is 0.354. The summed E-state index contributed by atoms with van der Waals surface area (Å²) in [5, 5.41) is 9.14. The molecule has 1 aromatic rings. The molecule has 100 valence electrons. The molecule has 0 aromatic heterocycles. The molecule has 3 rings (SSSR count). The minimum atomic E-state index is -0.788. The van der Waals surface area contributed by atoms with Crippen molar-refractivity contribution in [1.82, 2.24) is 4.90 Å². The first-order chi connectivity index (χ1) is 9.16. The second kappa shape index (κ2) is 4.68. The highest BCUT2D eigenvalue weighted by Crippen LogP contribution is 2.37. The van der Waals surface area contributed by atoms with Gasteiger partial charge in [0.1, 0.15) is 0 Å². The van der Waals surface area contributed by atoms with Crippen molar-refractivity contribution >= 4 is 11.9 Å². The molecular weight excluding hydrogens is 242 g/mol. The summed E-state index contributed by atoms with van der Waals surface area (Å²) in [4.78, 5) is 25.1. The lowest BCUT2D eigenvalue weighted by atomic mass is 9.88. The Morgan fingerprint density at radius 1 is 1.21 bits per heavy atom. The van der Waals surface area contributed by atoms with Crippen LogP contribution in [0.3, 0.4) is 0 Å². The van der Waals surface area contributed by atoms with Crippen LogP contribution < -0.4 is 0 Å². The third-order valence-corrected chi connectivity index (χ3v) is 4.27. The molecule has 1 amide bonds. The molecule has 2 aliphatic rings. The molecule has 1 fully saturated rings. The Hall–Kier alpha value is -1.84. The number of rotatable bonds is 1. The van der Waals surface area contributed by atoms with Gasteiger partial charge in [-0.05, 0) is 30.4 Å². The van der Waals surface area contributed by atoms with Gasteiger partial charge in [-0.3, -0.25) is 9.59 Å². The van der Waals surface area contributed by atoms with Crippen molar-refractivity contribution in [2.75, 3.05) is 6.54 Å². The van der Waals surface area contributed by atoms with Crippen LogP contribution in [0.4, 0.5) is 0 Å². The Morgan fingerprint density at radius 2 is 2.00 bits per heavy atom. The fourth-order valence-electron chi connectivity index (χ4n) is 3.24. The van der Waals surface area contributed by atoms with E-state index in [9.17, 15) is 9.59 Å². The highest BCUT2D eigenvalue weighted by molar-refractivity contribution is 5.79. The van der Waals surface area contributed by atoms with E-state index in [-0.39, 0.29) is 11.9 Å². The Bertz CT molecular complexity index is 526. The second-order valence-electron chi connectivity index (χ2n) is 5.37. The molecule has 0 bridgehead atoms. The summed E-state index contributed by atoms with van der Waals surface area (Å²) in [6.07, 6.45) is 2.65. The number of benzene rings is 1. The van der Waals surface area contributed by atoms with Gasteiger partial charge in [0.15, 0.2) is 0 Å². The smallest absolute Gasteiger partial charge is 0.308 e. The summed E-state index contributed by atoms with van der Waals surface area (Å²) in [7, 11) is 0. The lowest BCUT2D eigenvalue weighted by Crippen LogP contribution is -2.43. The van der Waals surface area contributed by atoms with Crippen molar-refractivity contribution < 1.29 is 14.7 Å². The first-order valence-corrected chi connectivity index (χ1v) is 6.77. The molecule has 2 aliphatic heterocycles. The number of carbonyl (C=O) groups excluding carboxylic acids is 1. The van der Waals surface area contributed by atoms with Crippen LogP contribution in [0.25, 0.3) is 0 Å². The number of carboxylic acid groups (broad SMARTS) is 1. The number of hydrogen-bond donors (Lipinski definition) is 1. The number of nitrogens with zero attached hydrogens (tertiary/aromatic N) is 1. The molecule has 1 unspecified atom stereocenters. The zero-order valence-corrected chi connectivity index (χ0v) is 10.7. The van der Waals surface area contributed by atoms with Crippen LogP contribution in [0.15, 0.2) is 24.3 Å². The monoisotopic (exact) mass is 259 g/mol. The van der Waals surface area contributed by atoms with E-state index in [4.69, 9.17) is 5.11 Å². The number of aryl methyl sites for hydroxylation is 1. The average molecular weight is 259 g/mol. The molecule has 0 aliphatic carbocycles. The zero-order chi connectivity index (χ0) is 13.4. The molecule has 2 atom stereocenters. The minimum Gasteiger partial charge on any atom is -0.481 e. The van der Waals surface area contributed by atoms with E-state index in [1.54, 1.807) is 4.90 Å². The van der Waals surface area contributed by atoms with E-state index < -0.39 is 11.9 Å². The lowest BCUT2D eigenvalue weighted by Gasteiger charge is -2.38. The third kappa shape index (κ3) is 2.11. The number of carboxylic acids is 1. The van der Waals surface area contributed by atoms with Gasteiger partial charge in [0, 0.05) is 13.0 Å². The van der Waals surface area contributed by atoms with Gasteiger partial charge in [0.2, 0.25) is 5.91 Å². The van der Waals surface area contributed by atoms with Crippen LogP contribution in [0.1, 0.15) is 36.4 Å². The summed E-state index contributed by atoms with van der Waals surface area (Å²) in [6, 6.07) is 8.22. The van der Waals surface area contributed by atoms with Crippen molar-refractivity contribution in [3.05, 3.63) is 35.4 Å². The van der Waals surface area contributed by atoms with Gasteiger partial charge >= 0.3 is 5.97 Å². The van der Waals surface area contributed by atoms with Crippen LogP contribution in [0, 0.1) is 5.92 Å². The number of aliphatic carboxylic acids is 1. The highest BCUT2D eigenvalue weighted by atomic mass is 16.4. The molecule has 4 heteroatoms. The number of amides is 1. The van der Waals surface area contributed by atoms with E-state index in [0.29, 0.717) is 19.4 Å². The first kappa shape index (κ1) is 12.2. The van der Waals surface area contributed by atoms with Gasteiger partial charge in [-0.2, -0.15) is 0 Å². The first-order valence-electron chi connectivity index (χ1n) is 6.77. The van der Waals surface area contributed by atoms with E-state index in [0.717, 1.165) is 12.8 Å². The van der Waals surface area contributed by atoms with E-state index in [1.807, 2.05) is 12.1 Å². The topological polar surface area (TPSA) is 57.6 Å². The van der Waals surface area contributed by atoms with Crippen molar-refractivity contribution in [2.24, 2.45) is 5.92 Å². The Balaban J connectivity index is 1.95. The Kier molecular flexibility index (Phi) is 3.01. The molecule has 2 heterocycles. The maximum Gasteiger partial charge on any atom is 0.308 e. The maximum atomic E-state index is 12.2. The predicted molar refractivity (Wildman–Crippen MR) is 69.6 cm³/mol. The highest BCUT2D eigenvalue weighted by Gasteiger charge is 2.37. The summed E-state index contributed by atoms with van der Waals surface area (Å²) in [5.74, 6) is -1.11. The van der Waals surface area contributed by atoms with Gasteiger partial charge in [-0.15, -0.1) is 0 Å². The molecule has 19 heavy (non-hydrogen) atoms. The molecule has 0 spiro atoms. The fraction of sp³-hybridized carbons (Fsp3) is 0.467. The summed E-state index contributed by atoms with van der Waals surface area (Å²) in [5.41, 5.74) is 2.44. The molecule has 1 saturated heterocycles. The number of hydrogen-bond acceptors (Lipinski definition) is 2. The molecular formula is C15H17NO3. The van der Waals surface area contributed by atoms with Crippen molar-refractivity contribution in [3.8, 4) is 0 Å². The molecule has 0 saturated carbocycles. The number of carbonyl (C=O) groups is 2. The van der Waals surface area contributed by atoms with Crippen molar-refractivity contribution in [3.63, 3.8) is 0 Å². The third-order valence-electron chi connectivity index (χ3n) is 4.27. The van der Waals surface area contributed by atoms with Crippen LogP contribution in [-0.4, -0.2) is 28.4 Å². The van der Waals surface area contributed by atoms with Crippen LogP contribution >= 0.6 is 0 Å².